The Morgan fingerprint density at radius 1 is 1.07 bits per heavy atom. The van der Waals surface area contributed by atoms with Gasteiger partial charge < -0.3 is 10.3 Å². The van der Waals surface area contributed by atoms with Crippen LogP contribution in [-0.2, 0) is 6.54 Å². The predicted molar refractivity (Wildman–Crippen MR) is 154 cm³/mol. The third-order valence-electron chi connectivity index (χ3n) is 7.18. The van der Waals surface area contributed by atoms with Gasteiger partial charge in [-0.2, -0.15) is 0 Å². The minimum absolute atomic E-state index is 0.113. The summed E-state index contributed by atoms with van der Waals surface area (Å²) in [7, 11) is 0. The molecule has 3 aliphatic heterocycles. The molecule has 204 valence electrons. The molecule has 0 spiro atoms. The van der Waals surface area contributed by atoms with Gasteiger partial charge in [-0.1, -0.05) is 6.07 Å². The van der Waals surface area contributed by atoms with Crippen molar-refractivity contribution in [3.05, 3.63) is 95.6 Å². The number of aromatic nitrogens is 5. The Kier molecular flexibility index (Phi) is 6.27. The number of likely N-dealkylation sites (tertiary alicyclic amines) is 1. The number of aliphatic imine (C=N–C) groups is 2. The molecule has 1 fully saturated rings. The highest BCUT2D eigenvalue weighted by Gasteiger charge is 2.38. The molecule has 1 saturated heterocycles. The van der Waals surface area contributed by atoms with Crippen LogP contribution in [0.1, 0.15) is 23.4 Å². The van der Waals surface area contributed by atoms with Crippen LogP contribution in [0.4, 0.5) is 8.78 Å². The van der Waals surface area contributed by atoms with Gasteiger partial charge in [-0.25, -0.2) is 13.8 Å². The van der Waals surface area contributed by atoms with Crippen molar-refractivity contribution in [2.24, 2.45) is 9.98 Å². The summed E-state index contributed by atoms with van der Waals surface area (Å²) in [6, 6.07) is 9.56. The lowest BCUT2D eigenvalue weighted by atomic mass is 10.0. The standard InChI is InChI=1S/C30H25F2N9/c31-30(32)5-10-41(18-30)17-19-11-20(14-33-13-19)21-12-22-25(16-34-15-21)36-8-9-38-26(22)29-39-24-4-7-37-27(28(24)40-29)23-3-1-2-6-35-23/h1-4,6-8,11-16,38H,5,9-10,17-18H2,(H,39,40). The molecule has 4 aromatic rings. The first kappa shape index (κ1) is 25.1. The molecule has 0 saturated carbocycles. The monoisotopic (exact) mass is 549 g/mol. The van der Waals surface area contributed by atoms with Crippen molar-refractivity contribution >= 4 is 34.7 Å². The first-order chi connectivity index (χ1) is 20.0. The van der Waals surface area contributed by atoms with E-state index in [2.05, 4.69) is 35.2 Å². The van der Waals surface area contributed by atoms with Crippen LogP contribution in [-0.4, -0.2) is 67.8 Å². The molecule has 0 amide bonds. The summed E-state index contributed by atoms with van der Waals surface area (Å²) >= 11 is 0. The second kappa shape index (κ2) is 10.3. The van der Waals surface area contributed by atoms with Gasteiger partial charge in [-0.15, -0.1) is 0 Å². The smallest absolute Gasteiger partial charge is 0.261 e. The van der Waals surface area contributed by atoms with Crippen LogP contribution in [0.5, 0.6) is 0 Å². The molecule has 0 atom stereocenters. The second-order valence-corrected chi connectivity index (χ2v) is 10.1. The van der Waals surface area contributed by atoms with Gasteiger partial charge in [0.25, 0.3) is 5.92 Å². The maximum absolute atomic E-state index is 13.7. The largest absolute Gasteiger partial charge is 0.376 e. The maximum atomic E-state index is 13.7. The summed E-state index contributed by atoms with van der Waals surface area (Å²) in [4.78, 5) is 32.7. The summed E-state index contributed by atoms with van der Waals surface area (Å²) in [5.41, 5.74) is 7.75. The average molecular weight is 550 g/mol. The molecule has 41 heavy (non-hydrogen) atoms. The lowest BCUT2D eigenvalue weighted by molar-refractivity contribution is 0.0115. The van der Waals surface area contributed by atoms with E-state index >= 15 is 0 Å². The number of allylic oxidation sites excluding steroid dienone is 2. The van der Waals surface area contributed by atoms with Crippen LogP contribution in [0.3, 0.4) is 0 Å². The van der Waals surface area contributed by atoms with Crippen molar-refractivity contribution in [1.29, 1.82) is 0 Å². The Bertz CT molecular complexity index is 1780. The van der Waals surface area contributed by atoms with E-state index < -0.39 is 5.92 Å². The minimum Gasteiger partial charge on any atom is -0.376 e. The van der Waals surface area contributed by atoms with E-state index in [9.17, 15) is 8.78 Å². The first-order valence-electron chi connectivity index (χ1n) is 13.3. The Morgan fingerprint density at radius 3 is 2.88 bits per heavy atom. The van der Waals surface area contributed by atoms with Crippen molar-refractivity contribution < 1.29 is 8.78 Å². The zero-order valence-corrected chi connectivity index (χ0v) is 21.9. The molecule has 3 aliphatic rings. The van der Waals surface area contributed by atoms with Crippen LogP contribution in [0.15, 0.2) is 88.7 Å². The lowest BCUT2D eigenvalue weighted by Crippen LogP contribution is -2.24. The van der Waals surface area contributed by atoms with Crippen molar-refractivity contribution in [1.82, 2.24) is 35.1 Å². The summed E-state index contributed by atoms with van der Waals surface area (Å²) < 4.78 is 27.5. The molecular weight excluding hydrogens is 524 g/mol. The topological polar surface area (TPSA) is 107 Å². The van der Waals surface area contributed by atoms with Crippen LogP contribution < -0.4 is 5.32 Å². The number of rotatable bonds is 5. The summed E-state index contributed by atoms with van der Waals surface area (Å²) in [6.45, 7) is 1.05. The van der Waals surface area contributed by atoms with Crippen molar-refractivity contribution in [3.8, 4) is 11.4 Å². The molecule has 4 aromatic heterocycles. The number of H-pyrrole nitrogens is 1. The number of hydrogen-bond donors (Lipinski definition) is 2. The molecule has 0 unspecified atom stereocenters. The highest BCUT2D eigenvalue weighted by Crippen LogP contribution is 2.32. The zero-order chi connectivity index (χ0) is 27.8. The zero-order valence-electron chi connectivity index (χ0n) is 21.9. The Morgan fingerprint density at radius 2 is 2.02 bits per heavy atom. The summed E-state index contributed by atoms with van der Waals surface area (Å²) in [5, 5.41) is 3.45. The van der Waals surface area contributed by atoms with Gasteiger partial charge in [0, 0.05) is 73.4 Å². The molecule has 9 nitrogen and oxygen atoms in total. The SMILES string of the molecule is FC1(F)CCN(Cc2cncc(C3=CC4=C(c5nc6c(-c7ccccn7)nccc6[nH]5)NCC=NC4=CN=C3)c2)C1. The van der Waals surface area contributed by atoms with Crippen LogP contribution >= 0.6 is 0 Å². The number of halogens is 2. The molecular formula is C30H25F2N9. The molecule has 7 rings (SSSR count). The number of nitrogens with zero attached hydrogens (tertiary/aromatic N) is 7. The molecule has 11 heteroatoms. The third-order valence-corrected chi connectivity index (χ3v) is 7.18. The van der Waals surface area contributed by atoms with Gasteiger partial charge >= 0.3 is 0 Å². The number of pyridine rings is 3. The van der Waals surface area contributed by atoms with Gasteiger partial charge in [-0.3, -0.25) is 29.8 Å². The minimum atomic E-state index is -2.63. The molecule has 0 radical (unpaired) electrons. The fourth-order valence-corrected chi connectivity index (χ4v) is 5.26. The fraction of sp³-hybridized carbons (Fsp3) is 0.200. The van der Waals surface area contributed by atoms with Crippen LogP contribution in [0, 0.1) is 0 Å². The predicted octanol–water partition coefficient (Wildman–Crippen LogP) is 4.65. The second-order valence-electron chi connectivity index (χ2n) is 10.1. The van der Waals surface area contributed by atoms with E-state index in [-0.39, 0.29) is 13.0 Å². The van der Waals surface area contributed by atoms with Gasteiger partial charge in [0.05, 0.1) is 41.9 Å². The number of nitrogens with one attached hydrogen (secondary N) is 2. The fourth-order valence-electron chi connectivity index (χ4n) is 5.26. The summed E-state index contributed by atoms with van der Waals surface area (Å²) in [6.07, 6.45) is 14.1. The van der Waals surface area contributed by atoms with E-state index in [1.807, 2.05) is 36.4 Å². The number of imidazole rings is 1. The van der Waals surface area contributed by atoms with Gasteiger partial charge in [-0.05, 0) is 35.9 Å². The van der Waals surface area contributed by atoms with Gasteiger partial charge in [0.1, 0.15) is 11.2 Å². The van der Waals surface area contributed by atoms with E-state index in [0.717, 1.165) is 39.2 Å². The van der Waals surface area contributed by atoms with Crippen molar-refractivity contribution in [2.75, 3.05) is 19.6 Å². The van der Waals surface area contributed by atoms with Gasteiger partial charge in [0.2, 0.25) is 0 Å². The molecule has 7 heterocycles. The number of hydrogen-bond acceptors (Lipinski definition) is 8. The molecule has 0 aromatic carbocycles. The molecule has 0 aliphatic carbocycles. The summed E-state index contributed by atoms with van der Waals surface area (Å²) in [5.74, 6) is -2.00. The van der Waals surface area contributed by atoms with E-state index in [0.29, 0.717) is 42.4 Å². The number of aromatic amines is 1. The average Bonchev–Trinajstić information content (AvgIpc) is 3.41. The van der Waals surface area contributed by atoms with Crippen LogP contribution in [0.25, 0.3) is 33.7 Å². The quantitative estimate of drug-likeness (QED) is 0.375. The van der Waals surface area contributed by atoms with Crippen LogP contribution in [0.2, 0.25) is 0 Å². The van der Waals surface area contributed by atoms with E-state index in [1.165, 1.54) is 0 Å². The normalized spacial score (nSPS) is 18.5. The first-order valence-corrected chi connectivity index (χ1v) is 13.3. The van der Waals surface area contributed by atoms with Crippen molar-refractivity contribution in [2.45, 2.75) is 18.9 Å². The molecule has 0 bridgehead atoms. The van der Waals surface area contributed by atoms with E-state index in [1.54, 1.807) is 48.3 Å². The lowest BCUT2D eigenvalue weighted by Gasteiger charge is -2.16. The Hall–Kier alpha value is -4.90. The highest BCUT2D eigenvalue weighted by atomic mass is 19.3. The maximum Gasteiger partial charge on any atom is 0.261 e. The Labute approximate surface area is 234 Å². The third kappa shape index (κ3) is 5.07. The number of fused-ring (bicyclic) bond motifs is 2. The molecule has 2 N–H and O–H groups in total. The highest BCUT2D eigenvalue weighted by molar-refractivity contribution is 6.12. The van der Waals surface area contributed by atoms with Gasteiger partial charge in [0.15, 0.2) is 5.82 Å². The van der Waals surface area contributed by atoms with Crippen molar-refractivity contribution in [3.63, 3.8) is 0 Å². The number of alkyl halides is 2. The van der Waals surface area contributed by atoms with E-state index in [4.69, 9.17) is 4.98 Å². The Balaban J connectivity index is 1.29.